The third-order valence-electron chi connectivity index (χ3n) is 6.72. The van der Waals surface area contributed by atoms with Crippen LogP contribution >= 0.6 is 0 Å². The first-order valence-corrected chi connectivity index (χ1v) is 12.6. The van der Waals surface area contributed by atoms with Crippen LogP contribution in [-0.2, 0) is 12.7 Å². The van der Waals surface area contributed by atoms with Crippen molar-refractivity contribution in [2.75, 3.05) is 14.2 Å². The molecule has 0 saturated heterocycles. The summed E-state index contributed by atoms with van der Waals surface area (Å²) >= 11 is 0. The van der Waals surface area contributed by atoms with E-state index < -0.39 is 17.6 Å². The number of alkyl halides is 3. The summed E-state index contributed by atoms with van der Waals surface area (Å²) in [4.78, 5) is 16.6. The van der Waals surface area contributed by atoms with Gasteiger partial charge in [-0.2, -0.15) is 13.2 Å². The van der Waals surface area contributed by atoms with Gasteiger partial charge in [0.25, 0.3) is 0 Å². The molecule has 41 heavy (non-hydrogen) atoms. The van der Waals surface area contributed by atoms with Crippen LogP contribution in [0.5, 0.6) is 11.5 Å². The van der Waals surface area contributed by atoms with Gasteiger partial charge in [-0.05, 0) is 78.4 Å². The van der Waals surface area contributed by atoms with E-state index in [9.17, 15) is 18.0 Å². The summed E-state index contributed by atoms with van der Waals surface area (Å²) in [5, 5.41) is 0. The second-order valence-corrected chi connectivity index (χ2v) is 9.32. The fourth-order valence-corrected chi connectivity index (χ4v) is 4.61. The molecule has 6 nitrogen and oxygen atoms in total. The van der Waals surface area contributed by atoms with Crippen molar-refractivity contribution in [2.24, 2.45) is 5.73 Å². The summed E-state index contributed by atoms with van der Waals surface area (Å²) in [6, 6.07) is 26.6. The number of aromatic nitrogens is 2. The lowest BCUT2D eigenvalue weighted by Crippen LogP contribution is -2.11. The van der Waals surface area contributed by atoms with Crippen LogP contribution in [-0.4, -0.2) is 29.7 Å². The molecule has 9 heteroatoms. The summed E-state index contributed by atoms with van der Waals surface area (Å²) in [7, 11) is 3.14. The highest BCUT2D eigenvalue weighted by Gasteiger charge is 2.31. The largest absolute Gasteiger partial charge is 0.497 e. The van der Waals surface area contributed by atoms with Gasteiger partial charge in [0.2, 0.25) is 5.91 Å². The zero-order valence-electron chi connectivity index (χ0n) is 22.3. The van der Waals surface area contributed by atoms with Gasteiger partial charge >= 0.3 is 6.18 Å². The number of hydrogen-bond acceptors (Lipinski definition) is 4. The molecule has 0 aliphatic carbocycles. The number of amides is 1. The lowest BCUT2D eigenvalue weighted by atomic mass is 10.0. The summed E-state index contributed by atoms with van der Waals surface area (Å²) < 4.78 is 53.6. The van der Waals surface area contributed by atoms with Crippen molar-refractivity contribution >= 4 is 5.91 Å². The van der Waals surface area contributed by atoms with Crippen molar-refractivity contribution in [3.63, 3.8) is 0 Å². The lowest BCUT2D eigenvalue weighted by molar-refractivity contribution is -0.137. The molecule has 0 aliphatic heterocycles. The standard InChI is InChI=1S/C32H26F3N3O3/c1-40-26-14-10-21(11-15-26)28-29(22-12-16-27(41-2)17-13-22)38(19-20-6-8-23(9-7-20)30(36)39)31(37-28)24-4-3-5-25(18-24)32(33,34)35/h3-18H,19H2,1-2H3,(H2,36,39). The molecule has 4 aromatic carbocycles. The van der Waals surface area contributed by atoms with E-state index in [4.69, 9.17) is 20.2 Å². The maximum absolute atomic E-state index is 13.7. The maximum Gasteiger partial charge on any atom is 0.416 e. The van der Waals surface area contributed by atoms with Gasteiger partial charge in [0, 0.05) is 28.8 Å². The molecule has 1 heterocycles. The monoisotopic (exact) mass is 557 g/mol. The number of nitrogens with zero attached hydrogens (tertiary/aromatic N) is 2. The average molecular weight is 558 g/mol. The first kappa shape index (κ1) is 27.5. The average Bonchev–Trinajstić information content (AvgIpc) is 3.36. The number of carbonyl (C=O) groups excluding carboxylic acids is 1. The van der Waals surface area contributed by atoms with E-state index in [0.717, 1.165) is 28.8 Å². The molecular weight excluding hydrogens is 531 g/mol. The molecule has 0 unspecified atom stereocenters. The maximum atomic E-state index is 13.7. The van der Waals surface area contributed by atoms with Crippen molar-refractivity contribution in [3.05, 3.63) is 114 Å². The van der Waals surface area contributed by atoms with Crippen LogP contribution in [0.1, 0.15) is 21.5 Å². The number of benzene rings is 4. The van der Waals surface area contributed by atoms with E-state index in [-0.39, 0.29) is 6.54 Å². The minimum atomic E-state index is -4.52. The SMILES string of the molecule is COc1ccc(-c2nc(-c3cccc(C(F)(F)F)c3)n(Cc3ccc(C(N)=O)cc3)c2-c2ccc(OC)cc2)cc1. The quantitative estimate of drug-likeness (QED) is 0.221. The number of nitrogens with two attached hydrogens (primary N) is 1. The van der Waals surface area contributed by atoms with E-state index in [1.807, 2.05) is 41.0 Å². The molecule has 1 aromatic heterocycles. The minimum absolute atomic E-state index is 0.259. The van der Waals surface area contributed by atoms with Crippen LogP contribution in [0.25, 0.3) is 33.9 Å². The van der Waals surface area contributed by atoms with Gasteiger partial charge in [-0.3, -0.25) is 4.79 Å². The molecule has 5 rings (SSSR count). The van der Waals surface area contributed by atoms with Crippen LogP contribution in [0, 0.1) is 0 Å². The second-order valence-electron chi connectivity index (χ2n) is 9.32. The van der Waals surface area contributed by atoms with Crippen LogP contribution in [0.2, 0.25) is 0 Å². The van der Waals surface area contributed by atoms with Crippen LogP contribution in [0.15, 0.2) is 97.1 Å². The van der Waals surface area contributed by atoms with Gasteiger partial charge in [-0.1, -0.05) is 24.3 Å². The zero-order chi connectivity index (χ0) is 29.1. The number of halogens is 3. The van der Waals surface area contributed by atoms with Crippen LogP contribution < -0.4 is 15.2 Å². The van der Waals surface area contributed by atoms with E-state index in [1.165, 1.54) is 6.07 Å². The molecule has 0 radical (unpaired) electrons. The van der Waals surface area contributed by atoms with Crippen molar-refractivity contribution in [1.29, 1.82) is 0 Å². The van der Waals surface area contributed by atoms with Crippen molar-refractivity contribution in [1.82, 2.24) is 9.55 Å². The lowest BCUT2D eigenvalue weighted by Gasteiger charge is -2.15. The van der Waals surface area contributed by atoms with E-state index in [2.05, 4.69) is 0 Å². The van der Waals surface area contributed by atoms with Gasteiger partial charge in [0.1, 0.15) is 17.3 Å². The number of ether oxygens (including phenoxy) is 2. The molecule has 0 atom stereocenters. The Balaban J connectivity index is 1.77. The third kappa shape index (κ3) is 5.79. The van der Waals surface area contributed by atoms with Crippen LogP contribution in [0.4, 0.5) is 13.2 Å². The zero-order valence-corrected chi connectivity index (χ0v) is 22.3. The summed E-state index contributed by atoms with van der Waals surface area (Å²) in [6.45, 7) is 0.259. The highest BCUT2D eigenvalue weighted by Crippen LogP contribution is 2.39. The molecule has 0 aliphatic rings. The Bertz CT molecular complexity index is 1680. The molecule has 0 bridgehead atoms. The fourth-order valence-electron chi connectivity index (χ4n) is 4.61. The predicted molar refractivity (Wildman–Crippen MR) is 151 cm³/mol. The van der Waals surface area contributed by atoms with Gasteiger partial charge in [0.15, 0.2) is 0 Å². The van der Waals surface area contributed by atoms with Crippen molar-refractivity contribution in [2.45, 2.75) is 12.7 Å². The number of imidazole rings is 1. The Morgan fingerprint density at radius 2 is 1.39 bits per heavy atom. The first-order valence-electron chi connectivity index (χ1n) is 12.6. The third-order valence-corrected chi connectivity index (χ3v) is 6.72. The Morgan fingerprint density at radius 1 is 0.805 bits per heavy atom. The Morgan fingerprint density at radius 3 is 1.93 bits per heavy atom. The van der Waals surface area contributed by atoms with Gasteiger partial charge < -0.3 is 19.8 Å². The highest BCUT2D eigenvalue weighted by molar-refractivity contribution is 5.92. The first-order chi connectivity index (χ1) is 19.7. The molecule has 2 N–H and O–H groups in total. The molecule has 5 aromatic rings. The summed E-state index contributed by atoms with van der Waals surface area (Å²) in [5.74, 6) is 1.12. The number of rotatable bonds is 8. The number of carbonyl (C=O) groups is 1. The molecule has 208 valence electrons. The molecule has 1 amide bonds. The minimum Gasteiger partial charge on any atom is -0.497 e. The highest BCUT2D eigenvalue weighted by atomic mass is 19.4. The molecule has 0 saturated carbocycles. The van der Waals surface area contributed by atoms with Gasteiger partial charge in [0.05, 0.1) is 31.2 Å². The molecule has 0 fully saturated rings. The van der Waals surface area contributed by atoms with Gasteiger partial charge in [-0.25, -0.2) is 4.98 Å². The van der Waals surface area contributed by atoms with Crippen LogP contribution in [0.3, 0.4) is 0 Å². The number of hydrogen-bond donors (Lipinski definition) is 1. The molecular formula is C32H26F3N3O3. The topological polar surface area (TPSA) is 79.4 Å². The smallest absolute Gasteiger partial charge is 0.416 e. The number of primary amides is 1. The van der Waals surface area contributed by atoms with Crippen molar-refractivity contribution < 1.29 is 27.4 Å². The van der Waals surface area contributed by atoms with Crippen molar-refractivity contribution in [3.8, 4) is 45.4 Å². The molecule has 0 spiro atoms. The summed E-state index contributed by atoms with van der Waals surface area (Å²) in [6.07, 6.45) is -4.52. The Hall–Kier alpha value is -5.05. The second kappa shape index (κ2) is 11.2. The van der Waals surface area contributed by atoms with Gasteiger partial charge in [-0.15, -0.1) is 0 Å². The Kier molecular flexibility index (Phi) is 7.52. The van der Waals surface area contributed by atoms with E-state index >= 15 is 0 Å². The Labute approximate surface area is 234 Å². The number of methoxy groups -OCH3 is 2. The predicted octanol–water partition coefficient (Wildman–Crippen LogP) is 7.07. The summed E-state index contributed by atoms with van der Waals surface area (Å²) in [5.41, 5.74) is 8.93. The van der Waals surface area contributed by atoms with E-state index in [1.54, 1.807) is 56.7 Å². The van der Waals surface area contributed by atoms with E-state index in [0.29, 0.717) is 39.8 Å². The normalized spacial score (nSPS) is 11.3. The fraction of sp³-hybridized carbons (Fsp3) is 0.125.